The highest BCUT2D eigenvalue weighted by Gasteiger charge is 2.01. The molecule has 0 bridgehead atoms. The summed E-state index contributed by atoms with van der Waals surface area (Å²) in [6.45, 7) is -0.872. The summed E-state index contributed by atoms with van der Waals surface area (Å²) in [5, 5.41) is 17.6. The Labute approximate surface area is 78.3 Å². The van der Waals surface area contributed by atoms with E-state index in [1.807, 2.05) is 0 Å². The number of hydrogen-bond acceptors (Lipinski definition) is 3. The maximum Gasteiger partial charge on any atom is 0.119 e. The Morgan fingerprint density at radius 3 is 2.67 bits per heavy atom. The molecule has 0 aliphatic rings. The average Bonchev–Trinajstić information content (AvgIpc) is 2.33. The van der Waals surface area contributed by atoms with Gasteiger partial charge in [-0.1, -0.05) is 18.1 Å². The van der Waals surface area contributed by atoms with Crippen LogP contribution in [0, 0.1) is 0 Å². The third kappa shape index (κ3) is 2.90. The predicted octanol–water partition coefficient (Wildman–Crippen LogP) is 0.419. The second kappa shape index (κ2) is 4.74. The molecular formula is C9H12O3. The average molecular weight is 173 g/mol. The zero-order valence-electron chi connectivity index (χ0n) is 11.3. The van der Waals surface area contributed by atoms with Gasteiger partial charge in [0.05, 0.1) is 13.5 Å². The molecule has 0 amide bonds. The molecule has 0 radical (unpaired) electrons. The summed E-state index contributed by atoms with van der Waals surface area (Å²) >= 11 is 0. The largest absolute Gasteiger partial charge is 0.491 e. The smallest absolute Gasteiger partial charge is 0.119 e. The van der Waals surface area contributed by atoms with Crippen LogP contribution in [0.15, 0.2) is 30.2 Å². The Kier molecular flexibility index (Phi) is 1.68. The molecule has 1 aromatic rings. The first-order valence-corrected chi connectivity index (χ1v) is 3.38. The van der Waals surface area contributed by atoms with Crippen LogP contribution in [-0.4, -0.2) is 29.5 Å². The second-order valence-electron chi connectivity index (χ2n) is 2.10. The summed E-state index contributed by atoms with van der Waals surface area (Å²) in [5.74, 6) is -0.330. The molecule has 1 rings (SSSR count). The zero-order chi connectivity index (χ0) is 13.2. The van der Waals surface area contributed by atoms with Crippen LogP contribution in [-0.2, 0) is 0 Å². The summed E-state index contributed by atoms with van der Waals surface area (Å²) in [4.78, 5) is 0. The van der Waals surface area contributed by atoms with Crippen molar-refractivity contribution < 1.29 is 21.8 Å². The number of hydrogen-bond donors (Lipinski definition) is 2. The molecule has 3 heteroatoms. The van der Waals surface area contributed by atoms with E-state index in [2.05, 4.69) is 0 Å². The van der Waals surface area contributed by atoms with Gasteiger partial charge in [-0.3, -0.25) is 0 Å². The van der Waals surface area contributed by atoms with Gasteiger partial charge in [0, 0.05) is 0 Å². The van der Waals surface area contributed by atoms with Gasteiger partial charge in [0.25, 0.3) is 0 Å². The standard InChI is InChI=1S/C9H12O3/c10-6-8(11)7-12-9-4-2-1-3-5-9/h1-5,8,10-11H,6-7H2/t8-/m1/s1/i1D,2D,3D,4D,5D. The molecule has 3 nitrogen and oxygen atoms in total. The van der Waals surface area contributed by atoms with Gasteiger partial charge in [-0.25, -0.2) is 0 Å². The van der Waals surface area contributed by atoms with E-state index in [0.717, 1.165) is 0 Å². The van der Waals surface area contributed by atoms with Gasteiger partial charge < -0.3 is 14.9 Å². The first-order chi connectivity index (χ1) is 7.90. The van der Waals surface area contributed by atoms with Gasteiger partial charge >= 0.3 is 0 Å². The molecule has 0 saturated carbocycles. The highest BCUT2D eigenvalue weighted by molar-refractivity contribution is 5.20. The number of para-hydroxylation sites is 1. The number of ether oxygens (including phenoxy) is 1. The van der Waals surface area contributed by atoms with E-state index < -0.39 is 42.9 Å². The first kappa shape index (κ1) is 4.25. The molecule has 1 aromatic carbocycles. The van der Waals surface area contributed by atoms with Crippen molar-refractivity contribution in [2.75, 3.05) is 13.2 Å². The highest BCUT2D eigenvalue weighted by atomic mass is 16.5. The fourth-order valence-corrected chi connectivity index (χ4v) is 0.543. The minimum Gasteiger partial charge on any atom is -0.491 e. The molecule has 1 atom stereocenters. The summed E-state index contributed by atoms with van der Waals surface area (Å²) in [6, 6.07) is -2.45. The minimum atomic E-state index is -1.16. The molecular weight excluding hydrogens is 156 g/mol. The lowest BCUT2D eigenvalue weighted by molar-refractivity contribution is 0.0536. The summed E-state index contributed by atoms with van der Waals surface area (Å²) in [6.07, 6.45) is -1.16. The molecule has 0 unspecified atom stereocenters. The predicted molar refractivity (Wildman–Crippen MR) is 45.0 cm³/mol. The van der Waals surface area contributed by atoms with E-state index in [-0.39, 0.29) is 12.4 Å². The topological polar surface area (TPSA) is 49.7 Å². The van der Waals surface area contributed by atoms with Crippen LogP contribution in [0.1, 0.15) is 6.85 Å². The Morgan fingerprint density at radius 2 is 2.08 bits per heavy atom. The number of aliphatic hydroxyl groups is 2. The van der Waals surface area contributed by atoms with Crippen molar-refractivity contribution in [3.8, 4) is 5.75 Å². The number of benzene rings is 1. The SMILES string of the molecule is [2H]c1c([2H])c([2H])c(OC[C@H](O)CO)c([2H])c1[2H]. The van der Waals surface area contributed by atoms with Crippen LogP contribution < -0.4 is 4.74 Å². The Bertz CT molecular complexity index is 395. The molecule has 0 heterocycles. The van der Waals surface area contributed by atoms with E-state index in [0.29, 0.717) is 0 Å². The Morgan fingerprint density at radius 1 is 1.42 bits per heavy atom. The molecule has 0 aromatic heterocycles. The highest BCUT2D eigenvalue weighted by Crippen LogP contribution is 2.08. The van der Waals surface area contributed by atoms with Crippen LogP contribution in [0.3, 0.4) is 0 Å². The zero-order valence-corrected chi connectivity index (χ0v) is 6.29. The van der Waals surface area contributed by atoms with Crippen molar-refractivity contribution in [3.05, 3.63) is 30.2 Å². The van der Waals surface area contributed by atoms with Gasteiger partial charge in [-0.05, 0) is 12.1 Å². The van der Waals surface area contributed by atoms with Gasteiger partial charge in [-0.2, -0.15) is 0 Å². The van der Waals surface area contributed by atoms with Crippen molar-refractivity contribution in [3.63, 3.8) is 0 Å². The van der Waals surface area contributed by atoms with Crippen LogP contribution in [0.4, 0.5) is 0 Å². The van der Waals surface area contributed by atoms with Crippen molar-refractivity contribution in [1.29, 1.82) is 0 Å². The van der Waals surface area contributed by atoms with Crippen molar-refractivity contribution in [2.45, 2.75) is 6.10 Å². The Hall–Kier alpha value is -1.06. The molecule has 0 fully saturated rings. The van der Waals surface area contributed by atoms with Gasteiger partial charge in [-0.15, -0.1) is 0 Å². The fourth-order valence-electron chi connectivity index (χ4n) is 0.543. The third-order valence-electron chi connectivity index (χ3n) is 1.11. The maximum atomic E-state index is 9.07. The lowest BCUT2D eigenvalue weighted by Gasteiger charge is -2.08. The van der Waals surface area contributed by atoms with Crippen LogP contribution in [0.2, 0.25) is 0 Å². The molecule has 66 valence electrons. The lowest BCUT2D eigenvalue weighted by atomic mass is 10.3. The lowest BCUT2D eigenvalue weighted by Crippen LogP contribution is -2.21. The summed E-state index contributed by atoms with van der Waals surface area (Å²) < 4.78 is 42.0. The number of aliphatic hydroxyl groups excluding tert-OH is 2. The summed E-state index contributed by atoms with van der Waals surface area (Å²) in [7, 11) is 0. The fraction of sp³-hybridized carbons (Fsp3) is 0.333. The normalized spacial score (nSPS) is 18.3. The maximum absolute atomic E-state index is 9.07. The molecule has 0 saturated heterocycles. The van der Waals surface area contributed by atoms with Gasteiger partial charge in [0.15, 0.2) is 0 Å². The van der Waals surface area contributed by atoms with Crippen LogP contribution in [0.25, 0.3) is 0 Å². The van der Waals surface area contributed by atoms with E-state index in [1.165, 1.54) is 0 Å². The van der Waals surface area contributed by atoms with E-state index >= 15 is 0 Å². The van der Waals surface area contributed by atoms with Crippen LogP contribution >= 0.6 is 0 Å². The molecule has 12 heavy (non-hydrogen) atoms. The van der Waals surface area contributed by atoms with E-state index in [1.54, 1.807) is 0 Å². The molecule has 0 spiro atoms. The monoisotopic (exact) mass is 173 g/mol. The van der Waals surface area contributed by atoms with Crippen molar-refractivity contribution in [1.82, 2.24) is 0 Å². The van der Waals surface area contributed by atoms with Gasteiger partial charge in [0.1, 0.15) is 18.5 Å². The third-order valence-corrected chi connectivity index (χ3v) is 1.11. The summed E-state index contributed by atoms with van der Waals surface area (Å²) in [5.41, 5.74) is 0. The molecule has 0 aliphatic heterocycles. The number of rotatable bonds is 4. The van der Waals surface area contributed by atoms with Crippen molar-refractivity contribution in [2.24, 2.45) is 0 Å². The van der Waals surface area contributed by atoms with Crippen LogP contribution in [0.5, 0.6) is 5.75 Å². The first-order valence-electron chi connectivity index (χ1n) is 5.88. The Balaban J connectivity index is 3.07. The van der Waals surface area contributed by atoms with E-state index in [4.69, 9.17) is 21.8 Å². The molecule has 2 N–H and O–H groups in total. The molecule has 0 aliphatic carbocycles. The second-order valence-corrected chi connectivity index (χ2v) is 2.10. The minimum absolute atomic E-state index is 0.330. The van der Waals surface area contributed by atoms with Gasteiger partial charge in [0.2, 0.25) is 0 Å². The quantitative estimate of drug-likeness (QED) is 0.693. The van der Waals surface area contributed by atoms with E-state index in [9.17, 15) is 0 Å². The van der Waals surface area contributed by atoms with Crippen molar-refractivity contribution >= 4 is 0 Å².